The van der Waals surface area contributed by atoms with E-state index in [0.717, 1.165) is 12.8 Å². The molecular weight excluding hydrogens is 154 g/mol. The van der Waals surface area contributed by atoms with Crippen LogP contribution >= 0.6 is 0 Å². The van der Waals surface area contributed by atoms with Crippen LogP contribution in [0.1, 0.15) is 26.7 Å². The Morgan fingerprint density at radius 3 is 2.33 bits per heavy atom. The average molecular weight is 171 g/mol. The lowest BCUT2D eigenvalue weighted by Gasteiger charge is -2.48. The van der Waals surface area contributed by atoms with E-state index in [-0.39, 0.29) is 0 Å². The van der Waals surface area contributed by atoms with Crippen LogP contribution in [0.25, 0.3) is 0 Å². The Labute approximate surface area is 73.2 Å². The Bertz CT molecular complexity index is 187. The van der Waals surface area contributed by atoms with E-state index in [1.165, 1.54) is 0 Å². The molecule has 2 unspecified atom stereocenters. The summed E-state index contributed by atoms with van der Waals surface area (Å²) in [6.45, 7) is 4.16. The summed E-state index contributed by atoms with van der Waals surface area (Å²) in [6.07, 6.45) is 1.80. The molecule has 1 aliphatic carbocycles. The van der Waals surface area contributed by atoms with E-state index in [9.17, 15) is 4.79 Å². The summed E-state index contributed by atoms with van der Waals surface area (Å²) in [7, 11) is 1.74. The van der Waals surface area contributed by atoms with Crippen LogP contribution < -0.4 is 5.32 Å². The van der Waals surface area contributed by atoms with Crippen molar-refractivity contribution in [1.29, 1.82) is 0 Å². The largest absolute Gasteiger partial charge is 0.480 e. The number of likely N-dealkylation sites (N-methyl/N-ethyl adjacent to an activating group) is 1. The quantitative estimate of drug-likeness (QED) is 0.668. The zero-order chi connectivity index (χ0) is 9.35. The lowest BCUT2D eigenvalue weighted by molar-refractivity contribution is -0.154. The van der Waals surface area contributed by atoms with Crippen LogP contribution in [-0.4, -0.2) is 23.7 Å². The Hall–Kier alpha value is -0.570. The summed E-state index contributed by atoms with van der Waals surface area (Å²) in [5.41, 5.74) is -0.631. The molecular formula is C9H17NO2. The van der Waals surface area contributed by atoms with Crippen LogP contribution in [0.5, 0.6) is 0 Å². The van der Waals surface area contributed by atoms with Gasteiger partial charge in [0.1, 0.15) is 5.54 Å². The van der Waals surface area contributed by atoms with Gasteiger partial charge in [0.25, 0.3) is 0 Å². The molecule has 2 N–H and O–H groups in total. The second-order valence-corrected chi connectivity index (χ2v) is 3.92. The molecule has 0 spiro atoms. The maximum atomic E-state index is 11.0. The molecule has 0 aliphatic heterocycles. The monoisotopic (exact) mass is 171 g/mol. The van der Waals surface area contributed by atoms with Gasteiger partial charge in [0.05, 0.1) is 0 Å². The van der Waals surface area contributed by atoms with Gasteiger partial charge >= 0.3 is 5.97 Å². The molecule has 0 bridgehead atoms. The zero-order valence-electron chi connectivity index (χ0n) is 7.92. The number of nitrogens with one attached hydrogen (secondary N) is 1. The fraction of sp³-hybridized carbons (Fsp3) is 0.889. The molecule has 12 heavy (non-hydrogen) atoms. The molecule has 0 amide bonds. The highest BCUT2D eigenvalue weighted by molar-refractivity contribution is 5.80. The average Bonchev–Trinajstić information content (AvgIpc) is 1.84. The highest BCUT2D eigenvalue weighted by Crippen LogP contribution is 2.43. The van der Waals surface area contributed by atoms with E-state index >= 15 is 0 Å². The minimum atomic E-state index is -0.699. The second kappa shape index (κ2) is 3.05. The van der Waals surface area contributed by atoms with Gasteiger partial charge in [0.2, 0.25) is 0 Å². The summed E-state index contributed by atoms with van der Waals surface area (Å²) in [4.78, 5) is 11.0. The molecule has 3 nitrogen and oxygen atoms in total. The van der Waals surface area contributed by atoms with Gasteiger partial charge in [0.15, 0.2) is 0 Å². The van der Waals surface area contributed by atoms with Gasteiger partial charge in [-0.25, -0.2) is 0 Å². The number of rotatable bonds is 3. The van der Waals surface area contributed by atoms with Crippen LogP contribution in [0.15, 0.2) is 0 Å². The Morgan fingerprint density at radius 1 is 1.67 bits per heavy atom. The minimum Gasteiger partial charge on any atom is -0.480 e. The first kappa shape index (κ1) is 9.52. The highest BCUT2D eigenvalue weighted by Gasteiger charge is 2.52. The number of hydrogen-bond acceptors (Lipinski definition) is 2. The third-order valence-corrected chi connectivity index (χ3v) is 3.12. The van der Waals surface area contributed by atoms with Gasteiger partial charge in [-0.3, -0.25) is 4.79 Å². The molecule has 0 aromatic rings. The van der Waals surface area contributed by atoms with E-state index < -0.39 is 11.5 Å². The molecule has 1 aliphatic rings. The van der Waals surface area contributed by atoms with E-state index in [4.69, 9.17) is 5.11 Å². The van der Waals surface area contributed by atoms with Crippen molar-refractivity contribution in [2.45, 2.75) is 32.2 Å². The highest BCUT2D eigenvalue weighted by atomic mass is 16.4. The van der Waals surface area contributed by atoms with Gasteiger partial charge in [-0.15, -0.1) is 0 Å². The number of carboxylic acid groups (broad SMARTS) is 1. The van der Waals surface area contributed by atoms with E-state index in [1.54, 1.807) is 7.05 Å². The molecule has 1 rings (SSSR count). The Balaban J connectivity index is 2.75. The lowest BCUT2D eigenvalue weighted by Crippen LogP contribution is -2.63. The first-order valence-corrected chi connectivity index (χ1v) is 4.47. The second-order valence-electron chi connectivity index (χ2n) is 3.92. The molecule has 0 saturated heterocycles. The van der Waals surface area contributed by atoms with Crippen LogP contribution in [0, 0.1) is 11.8 Å². The standard InChI is InChI=1S/C9H17NO2/c1-6(2)7-4-5-9(7,10-3)8(11)12/h6-7,10H,4-5H2,1-3H3,(H,11,12). The molecule has 1 fully saturated rings. The van der Waals surface area contributed by atoms with Crippen molar-refractivity contribution in [3.8, 4) is 0 Å². The summed E-state index contributed by atoms with van der Waals surface area (Å²) in [5, 5.41) is 12.0. The molecule has 0 radical (unpaired) electrons. The molecule has 1 saturated carbocycles. The third kappa shape index (κ3) is 1.12. The normalized spacial score (nSPS) is 34.8. The molecule has 0 heterocycles. The molecule has 2 atom stereocenters. The van der Waals surface area contributed by atoms with Gasteiger partial charge in [-0.1, -0.05) is 13.8 Å². The molecule has 3 heteroatoms. The van der Waals surface area contributed by atoms with Crippen molar-refractivity contribution in [2.75, 3.05) is 7.05 Å². The van der Waals surface area contributed by atoms with E-state index in [1.807, 2.05) is 0 Å². The maximum absolute atomic E-state index is 11.0. The van der Waals surface area contributed by atoms with Crippen molar-refractivity contribution < 1.29 is 9.90 Å². The van der Waals surface area contributed by atoms with Gasteiger partial charge in [-0.05, 0) is 31.7 Å². The number of carbonyl (C=O) groups is 1. The van der Waals surface area contributed by atoms with Crippen molar-refractivity contribution in [2.24, 2.45) is 11.8 Å². The smallest absolute Gasteiger partial charge is 0.324 e. The van der Waals surface area contributed by atoms with E-state index in [0.29, 0.717) is 11.8 Å². The summed E-state index contributed by atoms with van der Waals surface area (Å²) in [6, 6.07) is 0. The van der Waals surface area contributed by atoms with Crippen LogP contribution in [0.3, 0.4) is 0 Å². The van der Waals surface area contributed by atoms with Crippen molar-refractivity contribution >= 4 is 5.97 Å². The first-order chi connectivity index (χ1) is 5.54. The fourth-order valence-corrected chi connectivity index (χ4v) is 2.18. The SMILES string of the molecule is CNC1(C(=O)O)CCC1C(C)C. The summed E-state index contributed by atoms with van der Waals surface area (Å²) >= 11 is 0. The predicted octanol–water partition coefficient (Wildman–Crippen LogP) is 1.10. The van der Waals surface area contributed by atoms with Crippen molar-refractivity contribution in [3.63, 3.8) is 0 Å². The molecule has 0 aromatic carbocycles. The maximum Gasteiger partial charge on any atom is 0.324 e. The van der Waals surface area contributed by atoms with Crippen LogP contribution in [0.4, 0.5) is 0 Å². The summed E-state index contributed by atoms with van der Waals surface area (Å²) in [5.74, 6) is 0.0391. The summed E-state index contributed by atoms with van der Waals surface area (Å²) < 4.78 is 0. The van der Waals surface area contributed by atoms with Gasteiger partial charge in [-0.2, -0.15) is 0 Å². The first-order valence-electron chi connectivity index (χ1n) is 4.47. The Morgan fingerprint density at radius 2 is 2.25 bits per heavy atom. The van der Waals surface area contributed by atoms with Gasteiger partial charge < -0.3 is 10.4 Å². The van der Waals surface area contributed by atoms with Crippen LogP contribution in [-0.2, 0) is 4.79 Å². The van der Waals surface area contributed by atoms with E-state index in [2.05, 4.69) is 19.2 Å². The number of aliphatic carboxylic acids is 1. The topological polar surface area (TPSA) is 49.3 Å². The van der Waals surface area contributed by atoms with Gasteiger partial charge in [0, 0.05) is 0 Å². The zero-order valence-corrected chi connectivity index (χ0v) is 7.92. The van der Waals surface area contributed by atoms with Crippen LogP contribution in [0.2, 0.25) is 0 Å². The third-order valence-electron chi connectivity index (χ3n) is 3.12. The Kier molecular flexibility index (Phi) is 2.42. The van der Waals surface area contributed by atoms with Crippen molar-refractivity contribution in [1.82, 2.24) is 5.32 Å². The minimum absolute atomic E-state index is 0.292. The predicted molar refractivity (Wildman–Crippen MR) is 47.0 cm³/mol. The lowest BCUT2D eigenvalue weighted by atomic mass is 9.62. The number of hydrogen-bond donors (Lipinski definition) is 2. The molecule has 70 valence electrons. The fourth-order valence-electron chi connectivity index (χ4n) is 2.18. The number of carboxylic acids is 1. The van der Waals surface area contributed by atoms with Crippen molar-refractivity contribution in [3.05, 3.63) is 0 Å². The molecule has 0 aromatic heterocycles.